The summed E-state index contributed by atoms with van der Waals surface area (Å²) >= 11 is 0. The van der Waals surface area contributed by atoms with Gasteiger partial charge in [0, 0.05) is 12.1 Å². The first-order valence-electron chi connectivity index (χ1n) is 8.38. The third kappa shape index (κ3) is 3.39. The lowest BCUT2D eigenvalue weighted by Crippen LogP contribution is -2.20. The second-order valence-corrected chi connectivity index (χ2v) is 6.65. The van der Waals surface area contributed by atoms with E-state index in [2.05, 4.69) is 12.2 Å². The number of fused-ring (bicyclic) bond motifs is 2. The summed E-state index contributed by atoms with van der Waals surface area (Å²) in [6.07, 6.45) is 6.48. The highest BCUT2D eigenvalue weighted by atomic mass is 19.1. The van der Waals surface area contributed by atoms with Crippen LogP contribution in [0.15, 0.2) is 18.2 Å². The number of nitrogens with one attached hydrogen (secondary N) is 1. The largest absolute Gasteiger partial charge is 0.490 e. The van der Waals surface area contributed by atoms with E-state index in [0.717, 1.165) is 30.4 Å². The number of benzene rings is 1. The summed E-state index contributed by atoms with van der Waals surface area (Å²) in [5.74, 6) is 2.61. The van der Waals surface area contributed by atoms with E-state index in [1.54, 1.807) is 6.07 Å². The Morgan fingerprint density at radius 1 is 1.29 bits per heavy atom. The topological polar surface area (TPSA) is 21.3 Å². The Kier molecular flexibility index (Phi) is 4.79. The van der Waals surface area contributed by atoms with Gasteiger partial charge in [0.15, 0.2) is 11.6 Å². The number of para-hydroxylation sites is 1. The van der Waals surface area contributed by atoms with Gasteiger partial charge in [0.25, 0.3) is 0 Å². The first-order valence-corrected chi connectivity index (χ1v) is 8.38. The van der Waals surface area contributed by atoms with Crippen LogP contribution < -0.4 is 10.1 Å². The molecule has 2 fully saturated rings. The van der Waals surface area contributed by atoms with Crippen LogP contribution in [0, 0.1) is 23.6 Å². The minimum atomic E-state index is -0.228. The van der Waals surface area contributed by atoms with Crippen molar-refractivity contribution in [1.29, 1.82) is 0 Å². The van der Waals surface area contributed by atoms with Crippen molar-refractivity contribution in [3.63, 3.8) is 0 Å². The first-order chi connectivity index (χ1) is 10.3. The molecule has 3 atom stereocenters. The smallest absolute Gasteiger partial charge is 0.165 e. The molecule has 2 aliphatic carbocycles. The van der Waals surface area contributed by atoms with Crippen LogP contribution in [0.2, 0.25) is 0 Å². The van der Waals surface area contributed by atoms with Crippen molar-refractivity contribution in [1.82, 2.24) is 5.32 Å². The van der Waals surface area contributed by atoms with Crippen molar-refractivity contribution in [3.05, 3.63) is 29.6 Å². The highest BCUT2D eigenvalue weighted by molar-refractivity contribution is 5.35. The Morgan fingerprint density at radius 3 is 2.90 bits per heavy atom. The van der Waals surface area contributed by atoms with E-state index in [1.807, 2.05) is 6.07 Å². The van der Waals surface area contributed by atoms with Gasteiger partial charge in [-0.25, -0.2) is 4.39 Å². The molecule has 1 aromatic carbocycles. The Hall–Kier alpha value is -1.09. The third-order valence-electron chi connectivity index (χ3n) is 5.12. The van der Waals surface area contributed by atoms with Crippen LogP contribution >= 0.6 is 0 Å². The molecule has 21 heavy (non-hydrogen) atoms. The molecule has 3 rings (SSSR count). The number of halogens is 1. The monoisotopic (exact) mass is 291 g/mol. The summed E-state index contributed by atoms with van der Waals surface area (Å²) in [7, 11) is 0. The van der Waals surface area contributed by atoms with Crippen molar-refractivity contribution in [3.8, 4) is 5.75 Å². The van der Waals surface area contributed by atoms with Crippen LogP contribution in [0.4, 0.5) is 4.39 Å². The zero-order valence-electron chi connectivity index (χ0n) is 12.9. The van der Waals surface area contributed by atoms with Crippen LogP contribution in [0.25, 0.3) is 0 Å². The van der Waals surface area contributed by atoms with Gasteiger partial charge in [-0.1, -0.05) is 25.5 Å². The van der Waals surface area contributed by atoms with E-state index in [9.17, 15) is 4.39 Å². The summed E-state index contributed by atoms with van der Waals surface area (Å²) < 4.78 is 20.0. The van der Waals surface area contributed by atoms with E-state index in [0.29, 0.717) is 24.8 Å². The fourth-order valence-electron chi connectivity index (χ4n) is 4.03. The molecule has 2 nitrogen and oxygen atoms in total. The Labute approximate surface area is 127 Å². The van der Waals surface area contributed by atoms with E-state index in [1.165, 1.54) is 31.7 Å². The average molecular weight is 291 g/mol. The van der Waals surface area contributed by atoms with Gasteiger partial charge in [-0.15, -0.1) is 0 Å². The van der Waals surface area contributed by atoms with Gasteiger partial charge >= 0.3 is 0 Å². The molecule has 0 saturated heterocycles. The standard InChI is InChI=1S/C18H26FNO/c1-2-8-20-11-15-4-3-5-17(19)18(15)21-12-16-10-13-6-7-14(16)9-13/h3-5,13-14,16,20H,2,6-12H2,1H3. The molecule has 0 radical (unpaired) electrons. The van der Waals surface area contributed by atoms with Gasteiger partial charge in [-0.05, 0) is 56.0 Å². The minimum absolute atomic E-state index is 0.228. The highest BCUT2D eigenvalue weighted by Crippen LogP contribution is 2.48. The summed E-state index contributed by atoms with van der Waals surface area (Å²) in [5.41, 5.74) is 0.937. The lowest BCUT2D eigenvalue weighted by Gasteiger charge is -2.22. The maximum absolute atomic E-state index is 14.1. The molecule has 2 saturated carbocycles. The average Bonchev–Trinajstić information content (AvgIpc) is 3.09. The zero-order chi connectivity index (χ0) is 14.7. The summed E-state index contributed by atoms with van der Waals surface area (Å²) in [5, 5.41) is 3.33. The van der Waals surface area contributed by atoms with Gasteiger partial charge in [-0.3, -0.25) is 0 Å². The van der Waals surface area contributed by atoms with Gasteiger partial charge < -0.3 is 10.1 Å². The molecule has 0 aromatic heterocycles. The predicted octanol–water partition coefficient (Wildman–Crippen LogP) is 4.14. The maximum atomic E-state index is 14.1. The number of rotatable bonds is 7. The molecule has 0 aliphatic heterocycles. The van der Waals surface area contributed by atoms with Crippen LogP contribution in [0.3, 0.4) is 0 Å². The summed E-state index contributed by atoms with van der Waals surface area (Å²) in [4.78, 5) is 0. The van der Waals surface area contributed by atoms with Crippen molar-refractivity contribution in [2.24, 2.45) is 17.8 Å². The van der Waals surface area contributed by atoms with E-state index in [-0.39, 0.29) is 5.82 Å². The van der Waals surface area contributed by atoms with Gasteiger partial charge in [-0.2, -0.15) is 0 Å². The fraction of sp³-hybridized carbons (Fsp3) is 0.667. The Balaban J connectivity index is 1.61. The Bertz CT molecular complexity index is 476. The predicted molar refractivity (Wildman–Crippen MR) is 82.8 cm³/mol. The van der Waals surface area contributed by atoms with E-state index >= 15 is 0 Å². The van der Waals surface area contributed by atoms with Gasteiger partial charge in [0.2, 0.25) is 0 Å². The van der Waals surface area contributed by atoms with Crippen molar-refractivity contribution in [2.75, 3.05) is 13.2 Å². The van der Waals surface area contributed by atoms with E-state index < -0.39 is 0 Å². The van der Waals surface area contributed by atoms with Gasteiger partial charge in [0.05, 0.1) is 6.61 Å². The number of ether oxygens (including phenoxy) is 1. The van der Waals surface area contributed by atoms with Crippen LogP contribution in [-0.2, 0) is 6.54 Å². The molecular formula is C18H26FNO. The normalized spacial score (nSPS) is 27.2. The molecule has 1 N–H and O–H groups in total. The lowest BCUT2D eigenvalue weighted by molar-refractivity contribution is 0.188. The van der Waals surface area contributed by atoms with Crippen LogP contribution in [-0.4, -0.2) is 13.2 Å². The molecule has 3 unspecified atom stereocenters. The third-order valence-corrected chi connectivity index (χ3v) is 5.12. The Morgan fingerprint density at radius 2 is 2.19 bits per heavy atom. The molecule has 2 bridgehead atoms. The van der Waals surface area contributed by atoms with Crippen LogP contribution in [0.1, 0.15) is 44.6 Å². The zero-order valence-corrected chi connectivity index (χ0v) is 12.9. The molecule has 0 amide bonds. The molecule has 3 heteroatoms. The second-order valence-electron chi connectivity index (χ2n) is 6.65. The molecular weight excluding hydrogens is 265 g/mol. The summed E-state index contributed by atoms with van der Waals surface area (Å²) in [6, 6.07) is 5.23. The SMILES string of the molecule is CCCNCc1cccc(F)c1OCC1CC2CCC1C2. The minimum Gasteiger partial charge on any atom is -0.490 e. The molecule has 1 aromatic rings. The molecule has 0 spiro atoms. The van der Waals surface area contributed by atoms with Crippen molar-refractivity contribution < 1.29 is 9.13 Å². The van der Waals surface area contributed by atoms with Crippen LogP contribution in [0.5, 0.6) is 5.75 Å². The second kappa shape index (κ2) is 6.78. The number of hydrogen-bond acceptors (Lipinski definition) is 2. The maximum Gasteiger partial charge on any atom is 0.165 e. The summed E-state index contributed by atoms with van der Waals surface area (Å²) in [6.45, 7) is 4.44. The fourth-order valence-corrected chi connectivity index (χ4v) is 4.03. The van der Waals surface area contributed by atoms with E-state index in [4.69, 9.17) is 4.74 Å². The van der Waals surface area contributed by atoms with Crippen molar-refractivity contribution >= 4 is 0 Å². The number of hydrogen-bond donors (Lipinski definition) is 1. The quantitative estimate of drug-likeness (QED) is 0.762. The molecule has 2 aliphatic rings. The highest BCUT2D eigenvalue weighted by Gasteiger charge is 2.39. The van der Waals surface area contributed by atoms with Gasteiger partial charge in [0.1, 0.15) is 0 Å². The van der Waals surface area contributed by atoms with Crippen molar-refractivity contribution in [2.45, 2.75) is 45.6 Å². The lowest BCUT2D eigenvalue weighted by atomic mass is 9.89. The first kappa shape index (κ1) is 14.8. The molecule has 116 valence electrons. The molecule has 0 heterocycles.